The molecule has 2 rings (SSSR count). The van der Waals surface area contributed by atoms with Gasteiger partial charge in [0.1, 0.15) is 0 Å². The van der Waals surface area contributed by atoms with E-state index in [4.69, 9.17) is 0 Å². The minimum atomic E-state index is 0.781. The molecule has 2 aliphatic rings. The predicted octanol–water partition coefficient (Wildman–Crippen LogP) is 3.42. The van der Waals surface area contributed by atoms with Crippen LogP contribution in [0.3, 0.4) is 0 Å². The first kappa shape index (κ1) is 14.3. The maximum absolute atomic E-state index is 3.44. The van der Waals surface area contributed by atoms with Crippen molar-refractivity contribution < 1.29 is 0 Å². The van der Waals surface area contributed by atoms with Crippen LogP contribution in [-0.2, 0) is 0 Å². The maximum atomic E-state index is 3.44. The average Bonchev–Trinajstić information content (AvgIpc) is 2.46. The summed E-state index contributed by atoms with van der Waals surface area (Å²) in [6, 6.07) is 2.51. The number of rotatable bonds is 4. The van der Waals surface area contributed by atoms with Crippen molar-refractivity contribution >= 4 is 0 Å². The Balaban J connectivity index is 1.87. The van der Waals surface area contributed by atoms with Crippen molar-refractivity contribution in [3.8, 4) is 0 Å². The van der Waals surface area contributed by atoms with E-state index < -0.39 is 0 Å². The molecular weight excluding hydrogens is 220 g/mol. The predicted molar refractivity (Wildman–Crippen MR) is 78.9 cm³/mol. The fourth-order valence-corrected chi connectivity index (χ4v) is 4.24. The lowest BCUT2D eigenvalue weighted by molar-refractivity contribution is 0.0649. The van der Waals surface area contributed by atoms with E-state index >= 15 is 0 Å². The summed E-state index contributed by atoms with van der Waals surface area (Å²) >= 11 is 0. The molecule has 18 heavy (non-hydrogen) atoms. The summed E-state index contributed by atoms with van der Waals surface area (Å²) in [5.41, 5.74) is 0. The van der Waals surface area contributed by atoms with E-state index in [0.717, 1.165) is 24.0 Å². The van der Waals surface area contributed by atoms with Crippen LogP contribution in [0.15, 0.2) is 0 Å². The minimum absolute atomic E-state index is 0.781. The zero-order chi connectivity index (χ0) is 13.0. The Hall–Kier alpha value is -0.0800. The molecule has 1 N–H and O–H groups in total. The highest BCUT2D eigenvalue weighted by molar-refractivity contribution is 4.88. The van der Waals surface area contributed by atoms with Gasteiger partial charge in [0.05, 0.1) is 0 Å². The molecule has 106 valence electrons. The molecular formula is C16H32N2. The van der Waals surface area contributed by atoms with E-state index in [1.165, 1.54) is 57.8 Å². The van der Waals surface area contributed by atoms with Gasteiger partial charge in [-0.15, -0.1) is 0 Å². The van der Waals surface area contributed by atoms with Crippen LogP contribution in [0.25, 0.3) is 0 Å². The summed E-state index contributed by atoms with van der Waals surface area (Å²) in [6.07, 6.45) is 12.7. The van der Waals surface area contributed by atoms with Crippen LogP contribution in [0.5, 0.6) is 0 Å². The SMILES string of the molecule is CCC1CCCCC1N(C)C1CCC(NC)CC1. The van der Waals surface area contributed by atoms with Gasteiger partial charge in [0.25, 0.3) is 0 Å². The molecule has 2 atom stereocenters. The van der Waals surface area contributed by atoms with E-state index in [9.17, 15) is 0 Å². The third kappa shape index (κ3) is 3.27. The highest BCUT2D eigenvalue weighted by Gasteiger charge is 2.32. The Morgan fingerprint density at radius 2 is 1.67 bits per heavy atom. The monoisotopic (exact) mass is 252 g/mol. The first-order valence-electron chi connectivity index (χ1n) is 8.15. The third-order valence-electron chi connectivity index (χ3n) is 5.60. The Kier molecular flexibility index (Phi) is 5.50. The summed E-state index contributed by atoms with van der Waals surface area (Å²) in [7, 11) is 4.52. The highest BCUT2D eigenvalue weighted by atomic mass is 15.2. The Labute approximate surface area is 114 Å². The van der Waals surface area contributed by atoms with Crippen LogP contribution in [0.2, 0.25) is 0 Å². The lowest BCUT2D eigenvalue weighted by Crippen LogP contribution is -2.48. The molecule has 2 heteroatoms. The molecule has 0 aromatic heterocycles. The van der Waals surface area contributed by atoms with Crippen LogP contribution < -0.4 is 5.32 Å². The van der Waals surface area contributed by atoms with Crippen molar-refractivity contribution in [3.63, 3.8) is 0 Å². The number of nitrogens with one attached hydrogen (secondary N) is 1. The lowest BCUT2D eigenvalue weighted by Gasteiger charge is -2.44. The molecule has 2 aliphatic carbocycles. The van der Waals surface area contributed by atoms with Gasteiger partial charge in [0.2, 0.25) is 0 Å². The molecule has 0 bridgehead atoms. The molecule has 2 nitrogen and oxygen atoms in total. The van der Waals surface area contributed by atoms with Crippen molar-refractivity contribution in [1.82, 2.24) is 10.2 Å². The van der Waals surface area contributed by atoms with Crippen molar-refractivity contribution in [2.24, 2.45) is 5.92 Å². The van der Waals surface area contributed by atoms with Gasteiger partial charge in [-0.25, -0.2) is 0 Å². The number of hydrogen-bond donors (Lipinski definition) is 1. The second-order valence-electron chi connectivity index (χ2n) is 6.48. The molecule has 2 fully saturated rings. The van der Waals surface area contributed by atoms with Gasteiger partial charge in [0, 0.05) is 18.1 Å². The molecule has 2 saturated carbocycles. The Bertz CT molecular complexity index is 233. The van der Waals surface area contributed by atoms with Gasteiger partial charge in [0.15, 0.2) is 0 Å². The van der Waals surface area contributed by atoms with E-state index in [1.807, 2.05) is 0 Å². The van der Waals surface area contributed by atoms with Gasteiger partial charge in [-0.1, -0.05) is 26.2 Å². The smallest absolute Gasteiger partial charge is 0.0123 e. The fraction of sp³-hybridized carbons (Fsp3) is 1.00. The normalized spacial score (nSPS) is 38.0. The number of nitrogens with zero attached hydrogens (tertiary/aromatic N) is 1. The molecule has 0 spiro atoms. The first-order valence-corrected chi connectivity index (χ1v) is 8.15. The Morgan fingerprint density at radius 3 is 2.28 bits per heavy atom. The van der Waals surface area contributed by atoms with Gasteiger partial charge >= 0.3 is 0 Å². The zero-order valence-corrected chi connectivity index (χ0v) is 12.6. The van der Waals surface area contributed by atoms with E-state index in [0.29, 0.717) is 0 Å². The summed E-state index contributed by atoms with van der Waals surface area (Å²) < 4.78 is 0. The molecule has 0 amide bonds. The van der Waals surface area contributed by atoms with Gasteiger partial charge in [-0.3, -0.25) is 0 Å². The van der Waals surface area contributed by atoms with Crippen molar-refractivity contribution in [2.75, 3.05) is 14.1 Å². The van der Waals surface area contributed by atoms with Crippen LogP contribution in [-0.4, -0.2) is 37.1 Å². The van der Waals surface area contributed by atoms with Crippen molar-refractivity contribution in [3.05, 3.63) is 0 Å². The second kappa shape index (κ2) is 6.91. The van der Waals surface area contributed by atoms with Crippen LogP contribution in [0.1, 0.15) is 64.7 Å². The van der Waals surface area contributed by atoms with E-state index in [2.05, 4.69) is 31.2 Å². The summed E-state index contributed by atoms with van der Waals surface area (Å²) in [6.45, 7) is 2.38. The molecule has 0 heterocycles. The topological polar surface area (TPSA) is 15.3 Å². The van der Waals surface area contributed by atoms with Gasteiger partial charge < -0.3 is 10.2 Å². The largest absolute Gasteiger partial charge is 0.317 e. The Morgan fingerprint density at radius 1 is 1.00 bits per heavy atom. The summed E-state index contributed by atoms with van der Waals surface area (Å²) in [5.74, 6) is 0.964. The number of hydrogen-bond acceptors (Lipinski definition) is 2. The molecule has 0 radical (unpaired) electrons. The molecule has 0 aromatic carbocycles. The summed E-state index contributed by atoms with van der Waals surface area (Å²) in [5, 5.41) is 3.44. The minimum Gasteiger partial charge on any atom is -0.317 e. The van der Waals surface area contributed by atoms with Crippen LogP contribution >= 0.6 is 0 Å². The van der Waals surface area contributed by atoms with Crippen LogP contribution in [0.4, 0.5) is 0 Å². The lowest BCUT2D eigenvalue weighted by atomic mass is 9.80. The van der Waals surface area contributed by atoms with Gasteiger partial charge in [-0.2, -0.15) is 0 Å². The first-order chi connectivity index (χ1) is 8.76. The zero-order valence-electron chi connectivity index (χ0n) is 12.6. The maximum Gasteiger partial charge on any atom is 0.0123 e. The van der Waals surface area contributed by atoms with Crippen LogP contribution in [0, 0.1) is 5.92 Å². The molecule has 0 aliphatic heterocycles. The van der Waals surface area contributed by atoms with Gasteiger partial charge in [-0.05, 0) is 58.5 Å². The van der Waals surface area contributed by atoms with E-state index in [-0.39, 0.29) is 0 Å². The standard InChI is InChI=1S/C16H32N2/c1-4-13-7-5-6-8-16(13)18(3)15-11-9-14(17-2)10-12-15/h13-17H,4-12H2,1-3H3. The highest BCUT2D eigenvalue weighted by Crippen LogP contribution is 2.33. The third-order valence-corrected chi connectivity index (χ3v) is 5.60. The molecule has 0 saturated heterocycles. The second-order valence-corrected chi connectivity index (χ2v) is 6.48. The average molecular weight is 252 g/mol. The fourth-order valence-electron chi connectivity index (χ4n) is 4.24. The molecule has 2 unspecified atom stereocenters. The quantitative estimate of drug-likeness (QED) is 0.825. The van der Waals surface area contributed by atoms with Crippen molar-refractivity contribution in [2.45, 2.75) is 82.8 Å². The molecule has 0 aromatic rings. The van der Waals surface area contributed by atoms with E-state index in [1.54, 1.807) is 0 Å². The summed E-state index contributed by atoms with van der Waals surface area (Å²) in [4.78, 5) is 2.76. The van der Waals surface area contributed by atoms with Crippen molar-refractivity contribution in [1.29, 1.82) is 0 Å².